The lowest BCUT2D eigenvalue weighted by Gasteiger charge is -2.16. The molecule has 1 aliphatic heterocycles. The van der Waals surface area contributed by atoms with Gasteiger partial charge in [0.2, 0.25) is 0 Å². The number of rotatable bonds is 3. The summed E-state index contributed by atoms with van der Waals surface area (Å²) in [6, 6.07) is 13.6. The van der Waals surface area contributed by atoms with Crippen molar-refractivity contribution in [3.8, 4) is 0 Å². The fourth-order valence-electron chi connectivity index (χ4n) is 2.95. The molecule has 2 aromatic heterocycles. The molecule has 0 unspecified atom stereocenters. The lowest BCUT2D eigenvalue weighted by atomic mass is 10.1. The van der Waals surface area contributed by atoms with Crippen LogP contribution in [-0.4, -0.2) is 26.5 Å². The molecule has 3 heterocycles. The quantitative estimate of drug-likeness (QED) is 0.424. The van der Waals surface area contributed by atoms with E-state index >= 15 is 0 Å². The van der Waals surface area contributed by atoms with Gasteiger partial charge in [-0.25, -0.2) is 0 Å². The first-order chi connectivity index (χ1) is 12.6. The van der Waals surface area contributed by atoms with Gasteiger partial charge in [-0.3, -0.25) is 25.2 Å². The van der Waals surface area contributed by atoms with E-state index in [1.54, 1.807) is 12.3 Å². The van der Waals surface area contributed by atoms with Gasteiger partial charge in [-0.15, -0.1) is 0 Å². The number of hydrogen-bond acceptors (Lipinski definition) is 4. The SMILES string of the molecule is O=C1NC(=S)NC(=O)C1=Cc1cn(Cc2ccccn2)c2ccccc12. The van der Waals surface area contributed by atoms with Gasteiger partial charge < -0.3 is 4.57 Å². The number of benzene rings is 1. The van der Waals surface area contributed by atoms with E-state index in [1.807, 2.05) is 53.2 Å². The van der Waals surface area contributed by atoms with E-state index in [9.17, 15) is 9.59 Å². The van der Waals surface area contributed by atoms with Crippen LogP contribution in [-0.2, 0) is 16.1 Å². The van der Waals surface area contributed by atoms with Crippen molar-refractivity contribution < 1.29 is 9.59 Å². The van der Waals surface area contributed by atoms with E-state index < -0.39 is 11.8 Å². The lowest BCUT2D eigenvalue weighted by molar-refractivity contribution is -0.123. The van der Waals surface area contributed by atoms with E-state index in [4.69, 9.17) is 12.2 Å². The Morgan fingerprint density at radius 3 is 2.50 bits per heavy atom. The van der Waals surface area contributed by atoms with Gasteiger partial charge in [-0.2, -0.15) is 0 Å². The molecule has 6 nitrogen and oxygen atoms in total. The molecule has 1 aliphatic rings. The minimum Gasteiger partial charge on any atom is -0.341 e. The second-order valence-electron chi connectivity index (χ2n) is 5.85. The normalized spacial score (nSPS) is 14.3. The molecule has 0 atom stereocenters. The maximum atomic E-state index is 12.1. The smallest absolute Gasteiger partial charge is 0.263 e. The van der Waals surface area contributed by atoms with Crippen LogP contribution in [0.15, 0.2) is 60.4 Å². The van der Waals surface area contributed by atoms with Crippen LogP contribution < -0.4 is 10.6 Å². The van der Waals surface area contributed by atoms with Gasteiger partial charge in [0.25, 0.3) is 11.8 Å². The Labute approximate surface area is 154 Å². The Morgan fingerprint density at radius 1 is 1.04 bits per heavy atom. The highest BCUT2D eigenvalue weighted by atomic mass is 32.1. The Balaban J connectivity index is 1.79. The van der Waals surface area contributed by atoms with Crippen molar-refractivity contribution in [2.75, 3.05) is 0 Å². The van der Waals surface area contributed by atoms with Crippen LogP contribution in [0.4, 0.5) is 0 Å². The number of carbonyl (C=O) groups excluding carboxylic acids is 2. The first-order valence-electron chi connectivity index (χ1n) is 7.98. The van der Waals surface area contributed by atoms with Crippen molar-refractivity contribution in [3.05, 3.63) is 71.7 Å². The molecule has 4 rings (SSSR count). The number of amides is 2. The molecule has 0 spiro atoms. The molecule has 2 N–H and O–H groups in total. The van der Waals surface area contributed by atoms with Crippen LogP contribution in [0.1, 0.15) is 11.3 Å². The molecular formula is C19H14N4O2S. The van der Waals surface area contributed by atoms with Crippen LogP contribution in [0.25, 0.3) is 17.0 Å². The van der Waals surface area contributed by atoms with Gasteiger partial charge in [-0.1, -0.05) is 24.3 Å². The third kappa shape index (κ3) is 3.00. The molecule has 0 bridgehead atoms. The number of para-hydroxylation sites is 1. The third-order valence-corrected chi connectivity index (χ3v) is 4.33. The molecule has 1 aromatic carbocycles. The molecule has 7 heteroatoms. The minimum atomic E-state index is -0.500. The van der Waals surface area contributed by atoms with Gasteiger partial charge in [0.05, 0.1) is 12.2 Å². The van der Waals surface area contributed by atoms with Crippen molar-refractivity contribution >= 4 is 46.1 Å². The number of fused-ring (bicyclic) bond motifs is 1. The summed E-state index contributed by atoms with van der Waals surface area (Å²) >= 11 is 4.83. The molecular weight excluding hydrogens is 348 g/mol. The highest BCUT2D eigenvalue weighted by molar-refractivity contribution is 7.80. The van der Waals surface area contributed by atoms with Gasteiger partial charge >= 0.3 is 0 Å². The highest BCUT2D eigenvalue weighted by Crippen LogP contribution is 2.24. The standard InChI is InChI=1S/C19H14N4O2S/c24-17-15(18(25)22-19(26)21-17)9-12-10-23(11-13-5-3-4-8-20-13)16-7-2-1-6-14(12)16/h1-10H,11H2,(H2,21,22,24,25,26). The molecule has 1 saturated heterocycles. The first-order valence-corrected chi connectivity index (χ1v) is 8.39. The number of nitrogens with zero attached hydrogens (tertiary/aromatic N) is 2. The highest BCUT2D eigenvalue weighted by Gasteiger charge is 2.26. The van der Waals surface area contributed by atoms with E-state index in [2.05, 4.69) is 15.6 Å². The fraction of sp³-hybridized carbons (Fsp3) is 0.0526. The zero-order valence-electron chi connectivity index (χ0n) is 13.6. The van der Waals surface area contributed by atoms with Crippen molar-refractivity contribution in [1.29, 1.82) is 0 Å². The second kappa shape index (κ2) is 6.53. The average molecular weight is 362 g/mol. The second-order valence-corrected chi connectivity index (χ2v) is 6.25. The number of thiocarbonyl (C=S) groups is 1. The Bertz CT molecular complexity index is 1050. The number of pyridine rings is 1. The van der Waals surface area contributed by atoms with E-state index in [1.165, 1.54) is 0 Å². The van der Waals surface area contributed by atoms with Crippen molar-refractivity contribution in [3.63, 3.8) is 0 Å². The summed E-state index contributed by atoms with van der Waals surface area (Å²) in [5.74, 6) is -0.999. The van der Waals surface area contributed by atoms with Crippen molar-refractivity contribution in [2.45, 2.75) is 6.54 Å². The molecule has 3 aromatic rings. The van der Waals surface area contributed by atoms with Gasteiger partial charge in [-0.05, 0) is 36.5 Å². The first kappa shape index (κ1) is 16.2. The molecule has 26 heavy (non-hydrogen) atoms. The maximum absolute atomic E-state index is 12.1. The van der Waals surface area contributed by atoms with Crippen LogP contribution >= 0.6 is 12.2 Å². The number of carbonyl (C=O) groups is 2. The summed E-state index contributed by atoms with van der Waals surface area (Å²) in [5.41, 5.74) is 2.73. The monoisotopic (exact) mass is 362 g/mol. The lowest BCUT2D eigenvalue weighted by Crippen LogP contribution is -2.51. The summed E-state index contributed by atoms with van der Waals surface area (Å²) in [4.78, 5) is 28.6. The van der Waals surface area contributed by atoms with E-state index in [-0.39, 0.29) is 10.7 Å². The molecule has 128 valence electrons. The molecule has 0 aliphatic carbocycles. The number of aromatic nitrogens is 2. The topological polar surface area (TPSA) is 76.0 Å². The van der Waals surface area contributed by atoms with Gasteiger partial charge in [0.15, 0.2) is 5.11 Å². The van der Waals surface area contributed by atoms with E-state index in [0.29, 0.717) is 6.54 Å². The Morgan fingerprint density at radius 2 is 1.77 bits per heavy atom. The summed E-state index contributed by atoms with van der Waals surface area (Å²) in [7, 11) is 0. The predicted molar refractivity (Wildman–Crippen MR) is 102 cm³/mol. The van der Waals surface area contributed by atoms with Crippen LogP contribution in [0.5, 0.6) is 0 Å². The predicted octanol–water partition coefficient (Wildman–Crippen LogP) is 2.00. The van der Waals surface area contributed by atoms with Crippen LogP contribution in [0.2, 0.25) is 0 Å². The Kier molecular flexibility index (Phi) is 4.06. The summed E-state index contributed by atoms with van der Waals surface area (Å²) in [6.45, 7) is 0.590. The largest absolute Gasteiger partial charge is 0.341 e. The third-order valence-electron chi connectivity index (χ3n) is 4.12. The zero-order valence-corrected chi connectivity index (χ0v) is 14.4. The Hall–Kier alpha value is -3.32. The molecule has 1 fully saturated rings. The summed E-state index contributed by atoms with van der Waals surface area (Å²) in [6.07, 6.45) is 5.26. The van der Waals surface area contributed by atoms with E-state index in [0.717, 1.165) is 22.2 Å². The zero-order chi connectivity index (χ0) is 18.1. The fourth-order valence-corrected chi connectivity index (χ4v) is 3.13. The van der Waals surface area contributed by atoms with Crippen molar-refractivity contribution in [2.24, 2.45) is 0 Å². The summed E-state index contributed by atoms with van der Waals surface area (Å²) < 4.78 is 2.05. The van der Waals surface area contributed by atoms with Crippen molar-refractivity contribution in [1.82, 2.24) is 20.2 Å². The number of nitrogens with one attached hydrogen (secondary N) is 2. The number of hydrogen-bond donors (Lipinski definition) is 2. The van der Waals surface area contributed by atoms with Gasteiger partial charge in [0.1, 0.15) is 5.57 Å². The molecule has 0 saturated carbocycles. The van der Waals surface area contributed by atoms with Crippen LogP contribution in [0, 0.1) is 0 Å². The minimum absolute atomic E-state index is 0.0229. The summed E-state index contributed by atoms with van der Waals surface area (Å²) in [5, 5.41) is 5.87. The molecule has 2 amide bonds. The van der Waals surface area contributed by atoms with Crippen LogP contribution in [0.3, 0.4) is 0 Å². The maximum Gasteiger partial charge on any atom is 0.263 e. The van der Waals surface area contributed by atoms with Gasteiger partial charge in [0, 0.05) is 28.9 Å². The average Bonchev–Trinajstić information content (AvgIpc) is 2.97. The molecule has 0 radical (unpaired) electrons.